The minimum Gasteiger partial charge on any atom is -0.299 e. The normalized spacial score (nSPS) is 28.1. The molecule has 0 aromatic carbocycles. The van der Waals surface area contributed by atoms with Crippen LogP contribution in [0.5, 0.6) is 0 Å². The molecule has 0 saturated heterocycles. The highest BCUT2D eigenvalue weighted by Gasteiger charge is 2.20. The monoisotopic (exact) mass is 124 g/mol. The summed E-state index contributed by atoms with van der Waals surface area (Å²) in [5, 5.41) is 0. The molecule has 0 amide bonds. The first-order valence-electron chi connectivity index (χ1n) is 3.50. The summed E-state index contributed by atoms with van der Waals surface area (Å²) in [5.41, 5.74) is 0. The van der Waals surface area contributed by atoms with Gasteiger partial charge >= 0.3 is 0 Å². The van der Waals surface area contributed by atoms with Crippen molar-refractivity contribution in [2.75, 3.05) is 0 Å². The summed E-state index contributed by atoms with van der Waals surface area (Å²) in [6.45, 7) is 1.96. The summed E-state index contributed by atoms with van der Waals surface area (Å²) in [7, 11) is 0. The Bertz CT molecular complexity index is 136. The summed E-state index contributed by atoms with van der Waals surface area (Å²) >= 11 is 0. The molecule has 1 fully saturated rings. The van der Waals surface area contributed by atoms with Crippen molar-refractivity contribution in [3.8, 4) is 0 Å². The minimum absolute atomic E-state index is 0.259. The van der Waals surface area contributed by atoms with Crippen LogP contribution in [-0.2, 0) is 4.79 Å². The minimum atomic E-state index is 0.259. The van der Waals surface area contributed by atoms with Gasteiger partial charge in [-0.1, -0.05) is 12.2 Å². The molecule has 0 heterocycles. The van der Waals surface area contributed by atoms with E-state index in [2.05, 4.69) is 0 Å². The van der Waals surface area contributed by atoms with Crippen molar-refractivity contribution >= 4 is 5.78 Å². The lowest BCUT2D eigenvalue weighted by atomic mass is 10.1. The van der Waals surface area contributed by atoms with Crippen LogP contribution in [0.4, 0.5) is 0 Å². The molecular weight excluding hydrogens is 112 g/mol. The van der Waals surface area contributed by atoms with Crippen molar-refractivity contribution < 1.29 is 4.79 Å². The molecule has 0 bridgehead atoms. The fraction of sp³-hybridized carbons (Fsp3) is 0.625. The highest BCUT2D eigenvalue weighted by atomic mass is 16.1. The molecule has 1 aliphatic carbocycles. The highest BCUT2D eigenvalue weighted by molar-refractivity contribution is 5.84. The number of hydrogen-bond donors (Lipinski definition) is 0. The summed E-state index contributed by atoms with van der Waals surface area (Å²) in [6.07, 6.45) is 6.94. The van der Waals surface area contributed by atoms with E-state index in [0.29, 0.717) is 5.78 Å². The number of Topliss-reactive ketones (excluding diaryl/α,β-unsaturated/α-hetero) is 1. The number of hydrogen-bond acceptors (Lipinski definition) is 1. The predicted octanol–water partition coefficient (Wildman–Crippen LogP) is 1.93. The largest absolute Gasteiger partial charge is 0.299 e. The summed E-state index contributed by atoms with van der Waals surface area (Å²) < 4.78 is 0. The molecule has 1 rings (SSSR count). The van der Waals surface area contributed by atoms with Crippen LogP contribution < -0.4 is 0 Å². The van der Waals surface area contributed by atoms with Crippen molar-refractivity contribution in [1.29, 1.82) is 0 Å². The Hall–Kier alpha value is -0.590. The van der Waals surface area contributed by atoms with E-state index in [9.17, 15) is 4.79 Å². The van der Waals surface area contributed by atoms with Crippen molar-refractivity contribution in [3.63, 3.8) is 0 Å². The van der Waals surface area contributed by atoms with Crippen LogP contribution in [-0.4, -0.2) is 5.78 Å². The zero-order valence-corrected chi connectivity index (χ0v) is 5.76. The van der Waals surface area contributed by atoms with Gasteiger partial charge in [0.1, 0.15) is 5.78 Å². The van der Waals surface area contributed by atoms with E-state index in [1.54, 1.807) is 0 Å². The Morgan fingerprint density at radius 1 is 1.67 bits per heavy atom. The molecule has 1 unspecified atom stereocenters. The van der Waals surface area contributed by atoms with Gasteiger partial charge in [0, 0.05) is 12.3 Å². The fourth-order valence-corrected chi connectivity index (χ4v) is 1.28. The van der Waals surface area contributed by atoms with Crippen molar-refractivity contribution in [2.45, 2.75) is 26.2 Å². The Balaban J connectivity index is 2.49. The Morgan fingerprint density at radius 2 is 2.44 bits per heavy atom. The van der Waals surface area contributed by atoms with Crippen LogP contribution in [0, 0.1) is 5.92 Å². The second-order valence-corrected chi connectivity index (χ2v) is 2.49. The molecule has 1 heteroatoms. The van der Waals surface area contributed by atoms with E-state index < -0.39 is 0 Å². The topological polar surface area (TPSA) is 17.1 Å². The summed E-state index contributed by atoms with van der Waals surface area (Å²) in [6, 6.07) is 0. The molecule has 0 aliphatic heterocycles. The lowest BCUT2D eigenvalue weighted by molar-refractivity contribution is -0.119. The van der Waals surface area contributed by atoms with Crippen molar-refractivity contribution in [3.05, 3.63) is 12.2 Å². The molecule has 1 nitrogen and oxygen atoms in total. The van der Waals surface area contributed by atoms with Crippen LogP contribution in [0.3, 0.4) is 0 Å². The first-order valence-corrected chi connectivity index (χ1v) is 3.50. The van der Waals surface area contributed by atoms with Crippen LogP contribution >= 0.6 is 0 Å². The van der Waals surface area contributed by atoms with E-state index in [1.165, 1.54) is 0 Å². The number of allylic oxidation sites excluding steroid dienone is 2. The van der Waals surface area contributed by atoms with Crippen molar-refractivity contribution in [2.24, 2.45) is 5.92 Å². The van der Waals surface area contributed by atoms with Gasteiger partial charge in [-0.25, -0.2) is 0 Å². The van der Waals surface area contributed by atoms with Crippen molar-refractivity contribution in [1.82, 2.24) is 0 Å². The quantitative estimate of drug-likeness (QED) is 0.488. The predicted molar refractivity (Wildman–Crippen MR) is 37.2 cm³/mol. The molecule has 0 spiro atoms. The molecule has 9 heavy (non-hydrogen) atoms. The van der Waals surface area contributed by atoms with Gasteiger partial charge in [0.2, 0.25) is 0 Å². The first-order chi connectivity index (χ1) is 4.34. The Labute approximate surface area is 55.8 Å². The maximum Gasteiger partial charge on any atom is 0.139 e. The standard InChI is InChI=1S/C8H12O/c1-2-4-7-5-3-6-8(7)9/h2,4,7H,3,5-6H2,1H3/b4-2+. The highest BCUT2D eigenvalue weighted by Crippen LogP contribution is 2.21. The lowest BCUT2D eigenvalue weighted by Gasteiger charge is -1.95. The second kappa shape index (κ2) is 2.81. The van der Waals surface area contributed by atoms with Gasteiger partial charge in [0.05, 0.1) is 0 Å². The van der Waals surface area contributed by atoms with E-state index in [1.807, 2.05) is 19.1 Å². The Kier molecular flexibility index (Phi) is 2.04. The van der Waals surface area contributed by atoms with Gasteiger partial charge in [0.15, 0.2) is 0 Å². The van der Waals surface area contributed by atoms with Gasteiger partial charge in [-0.05, 0) is 19.8 Å². The first kappa shape index (κ1) is 6.53. The van der Waals surface area contributed by atoms with Crippen LogP contribution in [0.2, 0.25) is 0 Å². The molecular formula is C8H12O. The molecule has 0 radical (unpaired) electrons. The maximum absolute atomic E-state index is 10.9. The third kappa shape index (κ3) is 1.41. The molecule has 1 saturated carbocycles. The average molecular weight is 124 g/mol. The number of carbonyl (C=O) groups excluding carboxylic acids is 1. The summed E-state index contributed by atoms with van der Waals surface area (Å²) in [5.74, 6) is 0.683. The van der Waals surface area contributed by atoms with Crippen LogP contribution in [0.15, 0.2) is 12.2 Å². The molecule has 0 aromatic rings. The van der Waals surface area contributed by atoms with E-state index in [-0.39, 0.29) is 5.92 Å². The number of ketones is 1. The van der Waals surface area contributed by atoms with E-state index in [0.717, 1.165) is 19.3 Å². The lowest BCUT2D eigenvalue weighted by Crippen LogP contribution is -2.01. The number of carbonyl (C=O) groups is 1. The van der Waals surface area contributed by atoms with E-state index in [4.69, 9.17) is 0 Å². The van der Waals surface area contributed by atoms with E-state index >= 15 is 0 Å². The molecule has 50 valence electrons. The van der Waals surface area contributed by atoms with Gasteiger partial charge in [0.25, 0.3) is 0 Å². The smallest absolute Gasteiger partial charge is 0.139 e. The fourth-order valence-electron chi connectivity index (χ4n) is 1.28. The molecule has 0 N–H and O–H groups in total. The zero-order chi connectivity index (χ0) is 6.69. The molecule has 1 aliphatic rings. The van der Waals surface area contributed by atoms with Gasteiger partial charge in [-0.15, -0.1) is 0 Å². The average Bonchev–Trinajstić information content (AvgIpc) is 2.18. The van der Waals surface area contributed by atoms with Crippen LogP contribution in [0.25, 0.3) is 0 Å². The molecule has 1 atom stereocenters. The SMILES string of the molecule is C/C=C/C1CCCC1=O. The summed E-state index contributed by atoms with van der Waals surface area (Å²) in [4.78, 5) is 10.9. The number of rotatable bonds is 1. The zero-order valence-electron chi connectivity index (χ0n) is 5.76. The second-order valence-electron chi connectivity index (χ2n) is 2.49. The van der Waals surface area contributed by atoms with Gasteiger partial charge in [-0.3, -0.25) is 4.79 Å². The maximum atomic E-state index is 10.9. The van der Waals surface area contributed by atoms with Crippen LogP contribution in [0.1, 0.15) is 26.2 Å². The third-order valence-corrected chi connectivity index (χ3v) is 1.78. The Morgan fingerprint density at radius 3 is 2.89 bits per heavy atom. The van der Waals surface area contributed by atoms with Gasteiger partial charge in [-0.2, -0.15) is 0 Å². The molecule has 0 aromatic heterocycles. The van der Waals surface area contributed by atoms with Gasteiger partial charge < -0.3 is 0 Å². The third-order valence-electron chi connectivity index (χ3n) is 1.78.